The predicted molar refractivity (Wildman–Crippen MR) is 74.3 cm³/mol. The fourth-order valence-corrected chi connectivity index (χ4v) is 3.94. The van der Waals surface area contributed by atoms with Crippen molar-refractivity contribution >= 4 is 28.2 Å². The van der Waals surface area contributed by atoms with Crippen LogP contribution in [0.3, 0.4) is 0 Å². The van der Waals surface area contributed by atoms with Gasteiger partial charge in [-0.15, -0.1) is 0 Å². The van der Waals surface area contributed by atoms with Crippen LogP contribution >= 0.6 is 11.6 Å². The van der Waals surface area contributed by atoms with Crippen molar-refractivity contribution in [3.63, 3.8) is 0 Å². The van der Waals surface area contributed by atoms with Crippen LogP contribution < -0.4 is 0 Å². The molecule has 0 aliphatic heterocycles. The number of benzene rings is 1. The zero-order valence-corrected chi connectivity index (χ0v) is 11.8. The van der Waals surface area contributed by atoms with Crippen molar-refractivity contribution in [1.29, 1.82) is 0 Å². The molecule has 18 heavy (non-hydrogen) atoms. The Balaban J connectivity index is 1.99. The van der Waals surface area contributed by atoms with Crippen molar-refractivity contribution in [2.24, 2.45) is 5.92 Å². The molecule has 1 aromatic rings. The van der Waals surface area contributed by atoms with E-state index in [1.807, 2.05) is 0 Å². The van der Waals surface area contributed by atoms with Crippen LogP contribution in [0, 0.1) is 5.92 Å². The highest BCUT2D eigenvalue weighted by Gasteiger charge is 2.23. The SMILES string of the molecule is O=C(CS(=O)c1ccccc1Cl)C1CCCCC1. The Labute approximate surface area is 115 Å². The highest BCUT2D eigenvalue weighted by Crippen LogP contribution is 2.26. The molecule has 0 bridgehead atoms. The van der Waals surface area contributed by atoms with Gasteiger partial charge in [0.25, 0.3) is 0 Å². The number of Topliss-reactive ketones (excluding diaryl/α,β-unsaturated/α-hetero) is 1. The van der Waals surface area contributed by atoms with Gasteiger partial charge in [0.05, 0.1) is 26.5 Å². The zero-order valence-electron chi connectivity index (χ0n) is 10.2. The highest BCUT2D eigenvalue weighted by atomic mass is 35.5. The average molecular weight is 285 g/mol. The van der Waals surface area contributed by atoms with E-state index >= 15 is 0 Å². The summed E-state index contributed by atoms with van der Waals surface area (Å²) in [6, 6.07) is 7.03. The van der Waals surface area contributed by atoms with Gasteiger partial charge < -0.3 is 0 Å². The van der Waals surface area contributed by atoms with Crippen LogP contribution in [-0.4, -0.2) is 15.7 Å². The second-order valence-electron chi connectivity index (χ2n) is 4.72. The Kier molecular flexibility index (Phi) is 4.95. The maximum atomic E-state index is 12.1. The van der Waals surface area contributed by atoms with E-state index < -0.39 is 10.8 Å². The number of ketones is 1. The van der Waals surface area contributed by atoms with Gasteiger partial charge in [-0.1, -0.05) is 43.0 Å². The van der Waals surface area contributed by atoms with Crippen LogP contribution in [0.25, 0.3) is 0 Å². The number of halogens is 1. The molecular formula is C14H17ClO2S. The van der Waals surface area contributed by atoms with Gasteiger partial charge in [0.2, 0.25) is 0 Å². The number of hydrogen-bond acceptors (Lipinski definition) is 2. The number of hydrogen-bond donors (Lipinski definition) is 0. The first-order valence-corrected chi connectivity index (χ1v) is 8.04. The van der Waals surface area contributed by atoms with Gasteiger partial charge >= 0.3 is 0 Å². The minimum Gasteiger partial charge on any atom is -0.298 e. The summed E-state index contributed by atoms with van der Waals surface area (Å²) in [6.45, 7) is 0. The molecule has 1 fully saturated rings. The fourth-order valence-electron chi connectivity index (χ4n) is 2.38. The second-order valence-corrected chi connectivity index (χ2v) is 6.55. The molecular weight excluding hydrogens is 268 g/mol. The molecule has 0 amide bonds. The van der Waals surface area contributed by atoms with Gasteiger partial charge in [0.1, 0.15) is 5.78 Å². The van der Waals surface area contributed by atoms with Gasteiger partial charge in [0.15, 0.2) is 0 Å². The summed E-state index contributed by atoms with van der Waals surface area (Å²) < 4.78 is 12.1. The molecule has 1 aliphatic carbocycles. The van der Waals surface area contributed by atoms with Gasteiger partial charge in [-0.25, -0.2) is 0 Å². The smallest absolute Gasteiger partial charge is 0.148 e. The van der Waals surface area contributed by atoms with Crippen LogP contribution in [0.5, 0.6) is 0 Å². The summed E-state index contributed by atoms with van der Waals surface area (Å²) in [6.07, 6.45) is 5.37. The lowest BCUT2D eigenvalue weighted by atomic mass is 9.87. The highest BCUT2D eigenvalue weighted by molar-refractivity contribution is 7.86. The van der Waals surface area contributed by atoms with E-state index in [1.54, 1.807) is 24.3 Å². The van der Waals surface area contributed by atoms with Crippen molar-refractivity contribution in [2.75, 3.05) is 5.75 Å². The average Bonchev–Trinajstić information content (AvgIpc) is 2.40. The second kappa shape index (κ2) is 6.48. The quantitative estimate of drug-likeness (QED) is 0.847. The molecule has 0 spiro atoms. The molecule has 1 atom stereocenters. The molecule has 4 heteroatoms. The molecule has 2 nitrogen and oxygen atoms in total. The maximum absolute atomic E-state index is 12.1. The lowest BCUT2D eigenvalue weighted by Gasteiger charge is -2.20. The molecule has 0 N–H and O–H groups in total. The Morgan fingerprint density at radius 1 is 1.22 bits per heavy atom. The van der Waals surface area contributed by atoms with Gasteiger partial charge in [-0.05, 0) is 25.0 Å². The minimum atomic E-state index is -1.31. The van der Waals surface area contributed by atoms with E-state index in [9.17, 15) is 9.00 Å². The monoisotopic (exact) mass is 284 g/mol. The Morgan fingerprint density at radius 3 is 2.56 bits per heavy atom. The number of rotatable bonds is 4. The van der Waals surface area contributed by atoms with E-state index in [-0.39, 0.29) is 17.5 Å². The van der Waals surface area contributed by atoms with Crippen molar-refractivity contribution in [3.05, 3.63) is 29.3 Å². The lowest BCUT2D eigenvalue weighted by Crippen LogP contribution is -2.23. The third kappa shape index (κ3) is 3.42. The van der Waals surface area contributed by atoms with Crippen LogP contribution in [0.4, 0.5) is 0 Å². The summed E-state index contributed by atoms with van der Waals surface area (Å²) in [5.74, 6) is 0.354. The van der Waals surface area contributed by atoms with E-state index in [1.165, 1.54) is 6.42 Å². The summed E-state index contributed by atoms with van der Waals surface area (Å²) in [4.78, 5) is 12.6. The summed E-state index contributed by atoms with van der Waals surface area (Å²) in [5.41, 5.74) is 0. The molecule has 1 saturated carbocycles. The Morgan fingerprint density at radius 2 is 1.89 bits per heavy atom. The molecule has 0 heterocycles. The molecule has 0 saturated heterocycles. The van der Waals surface area contributed by atoms with Gasteiger partial charge in [-0.3, -0.25) is 9.00 Å². The molecule has 98 valence electrons. The molecule has 1 unspecified atom stereocenters. The number of carbonyl (C=O) groups excluding carboxylic acids is 1. The summed E-state index contributed by atoms with van der Waals surface area (Å²) in [5, 5.41) is 0.479. The van der Waals surface area contributed by atoms with Crippen LogP contribution in [0.15, 0.2) is 29.2 Å². The Hall–Kier alpha value is -0.670. The lowest BCUT2D eigenvalue weighted by molar-refractivity contribution is -0.121. The van der Waals surface area contributed by atoms with Crippen LogP contribution in [0.1, 0.15) is 32.1 Å². The molecule has 1 aliphatic rings. The number of carbonyl (C=O) groups is 1. The van der Waals surface area contributed by atoms with E-state index in [4.69, 9.17) is 11.6 Å². The first kappa shape index (κ1) is 13.8. The Bertz CT molecular complexity index is 453. The standard InChI is InChI=1S/C14H17ClO2S/c15-12-8-4-5-9-14(12)18(17)10-13(16)11-6-2-1-3-7-11/h4-5,8-9,11H,1-3,6-7,10H2. The topological polar surface area (TPSA) is 34.1 Å². The largest absolute Gasteiger partial charge is 0.298 e. The predicted octanol–water partition coefficient (Wildman–Crippen LogP) is 3.60. The van der Waals surface area contributed by atoms with Crippen molar-refractivity contribution in [3.8, 4) is 0 Å². The fraction of sp³-hybridized carbons (Fsp3) is 0.500. The zero-order chi connectivity index (χ0) is 13.0. The first-order chi connectivity index (χ1) is 8.68. The van der Waals surface area contributed by atoms with Crippen LogP contribution in [-0.2, 0) is 15.6 Å². The van der Waals surface area contributed by atoms with Crippen molar-refractivity contribution in [2.45, 2.75) is 37.0 Å². The third-order valence-corrected chi connectivity index (χ3v) is 5.25. The van der Waals surface area contributed by atoms with E-state index in [0.717, 1.165) is 25.7 Å². The first-order valence-electron chi connectivity index (χ1n) is 6.34. The third-order valence-electron chi connectivity index (χ3n) is 3.42. The minimum absolute atomic E-state index is 0.106. The molecule has 0 radical (unpaired) electrons. The van der Waals surface area contributed by atoms with E-state index in [0.29, 0.717) is 9.92 Å². The van der Waals surface area contributed by atoms with E-state index in [2.05, 4.69) is 0 Å². The van der Waals surface area contributed by atoms with Gasteiger partial charge in [0, 0.05) is 5.92 Å². The molecule has 0 aromatic heterocycles. The van der Waals surface area contributed by atoms with Crippen molar-refractivity contribution < 1.29 is 9.00 Å². The molecule has 1 aromatic carbocycles. The normalized spacial score (nSPS) is 18.5. The summed E-state index contributed by atoms with van der Waals surface area (Å²) >= 11 is 5.98. The summed E-state index contributed by atoms with van der Waals surface area (Å²) in [7, 11) is -1.31. The van der Waals surface area contributed by atoms with Gasteiger partial charge in [-0.2, -0.15) is 0 Å². The molecule has 2 rings (SSSR count). The maximum Gasteiger partial charge on any atom is 0.148 e. The van der Waals surface area contributed by atoms with Crippen molar-refractivity contribution in [1.82, 2.24) is 0 Å². The van der Waals surface area contributed by atoms with Crippen LogP contribution in [0.2, 0.25) is 5.02 Å².